The lowest BCUT2D eigenvalue weighted by atomic mass is 10.0. The van der Waals surface area contributed by atoms with Crippen molar-refractivity contribution < 1.29 is 4.79 Å². The minimum Gasteiger partial charge on any atom is -0.335 e. The molecule has 5 nitrogen and oxygen atoms in total. The van der Waals surface area contributed by atoms with Gasteiger partial charge in [-0.2, -0.15) is 5.10 Å². The molecule has 0 bridgehead atoms. The van der Waals surface area contributed by atoms with E-state index in [1.165, 1.54) is 11.1 Å². The highest BCUT2D eigenvalue weighted by Gasteiger charge is 2.34. The molecule has 1 aliphatic rings. The van der Waals surface area contributed by atoms with Crippen LogP contribution in [-0.4, -0.2) is 39.7 Å². The van der Waals surface area contributed by atoms with Crippen molar-refractivity contribution >= 4 is 18.3 Å². The Hall–Kier alpha value is -2.63. The number of halogens is 1. The third kappa shape index (κ3) is 4.13. The zero-order valence-corrected chi connectivity index (χ0v) is 18.5. The lowest BCUT2D eigenvalue weighted by Crippen LogP contribution is -2.34. The number of nitrogens with two attached hydrogens (primary N) is 1. The normalized spacial score (nSPS) is 18.3. The first-order valence-corrected chi connectivity index (χ1v) is 10.2. The van der Waals surface area contributed by atoms with Crippen LogP contribution in [0.15, 0.2) is 54.7 Å². The van der Waals surface area contributed by atoms with Crippen LogP contribution in [0, 0.1) is 19.8 Å². The molecule has 0 saturated carbocycles. The number of amides is 1. The Labute approximate surface area is 184 Å². The van der Waals surface area contributed by atoms with Crippen molar-refractivity contribution in [2.45, 2.75) is 33.2 Å². The van der Waals surface area contributed by atoms with Crippen LogP contribution in [0.2, 0.25) is 0 Å². The molecule has 1 saturated heterocycles. The number of carbonyl (C=O) groups is 1. The van der Waals surface area contributed by atoms with Crippen molar-refractivity contribution in [3.8, 4) is 16.9 Å². The van der Waals surface area contributed by atoms with E-state index in [4.69, 9.17) is 10.8 Å². The van der Waals surface area contributed by atoms with Gasteiger partial charge in [0.05, 0.1) is 11.3 Å². The van der Waals surface area contributed by atoms with Gasteiger partial charge in [-0.15, -0.1) is 12.4 Å². The largest absolute Gasteiger partial charge is 0.335 e. The van der Waals surface area contributed by atoms with Gasteiger partial charge in [0.1, 0.15) is 5.69 Å². The van der Waals surface area contributed by atoms with Gasteiger partial charge in [-0.1, -0.05) is 30.3 Å². The Bertz CT molecular complexity index is 1030. The maximum Gasteiger partial charge on any atom is 0.257 e. The van der Waals surface area contributed by atoms with Crippen molar-refractivity contribution in [2.24, 2.45) is 11.7 Å². The number of hydrogen-bond acceptors (Lipinski definition) is 3. The van der Waals surface area contributed by atoms with Crippen molar-refractivity contribution in [3.05, 3.63) is 71.4 Å². The lowest BCUT2D eigenvalue weighted by molar-refractivity contribution is 0.0744. The van der Waals surface area contributed by atoms with E-state index in [0.717, 1.165) is 23.4 Å². The summed E-state index contributed by atoms with van der Waals surface area (Å²) >= 11 is 0. The van der Waals surface area contributed by atoms with Crippen LogP contribution in [0.25, 0.3) is 16.9 Å². The van der Waals surface area contributed by atoms with Crippen LogP contribution >= 0.6 is 12.4 Å². The first-order valence-electron chi connectivity index (χ1n) is 10.2. The average Bonchev–Trinajstić information content (AvgIpc) is 3.34. The molecule has 30 heavy (non-hydrogen) atoms. The lowest BCUT2D eigenvalue weighted by Gasteiger charge is -2.21. The molecule has 2 heterocycles. The van der Waals surface area contributed by atoms with Gasteiger partial charge >= 0.3 is 0 Å². The first kappa shape index (κ1) is 22.1. The zero-order valence-electron chi connectivity index (χ0n) is 17.7. The molecular formula is C24H29ClN4O. The summed E-state index contributed by atoms with van der Waals surface area (Å²) in [5, 5.41) is 4.82. The molecule has 1 aromatic heterocycles. The molecule has 0 aliphatic carbocycles. The molecule has 2 unspecified atom stereocenters. The number of rotatable bonds is 4. The number of likely N-dealkylation sites (tertiary alicyclic amines) is 1. The third-order valence-corrected chi connectivity index (χ3v) is 6.00. The Morgan fingerprint density at radius 1 is 1.13 bits per heavy atom. The summed E-state index contributed by atoms with van der Waals surface area (Å²) in [6.45, 7) is 7.60. The molecule has 2 N–H and O–H groups in total. The minimum atomic E-state index is 0. The van der Waals surface area contributed by atoms with Gasteiger partial charge in [-0.3, -0.25) is 4.79 Å². The number of hydrogen-bond donors (Lipinski definition) is 1. The predicted octanol–water partition coefficient (Wildman–Crippen LogP) is 4.39. The van der Waals surface area contributed by atoms with Crippen molar-refractivity contribution in [2.75, 3.05) is 13.1 Å². The quantitative estimate of drug-likeness (QED) is 0.675. The van der Waals surface area contributed by atoms with E-state index < -0.39 is 0 Å². The van der Waals surface area contributed by atoms with Crippen LogP contribution in [0.1, 0.15) is 34.8 Å². The molecule has 4 rings (SSSR count). The number of benzene rings is 2. The van der Waals surface area contributed by atoms with Gasteiger partial charge in [0.15, 0.2) is 0 Å². The summed E-state index contributed by atoms with van der Waals surface area (Å²) in [5.41, 5.74) is 11.6. The molecule has 3 aromatic rings. The van der Waals surface area contributed by atoms with Crippen molar-refractivity contribution in [3.63, 3.8) is 0 Å². The Morgan fingerprint density at radius 3 is 2.50 bits per heavy atom. The fourth-order valence-corrected chi connectivity index (χ4v) is 4.10. The highest BCUT2D eigenvalue weighted by Crippen LogP contribution is 2.30. The molecule has 0 spiro atoms. The standard InChI is InChI=1S/C24H28N4O.ClH/c1-16-9-10-20(11-17(16)2)23-22(15-28(26-23)21-7-5-4-6-8-21)24(29)27-14-19(13-25)12-18(27)3;/h4-11,15,18-19H,12-14,25H2,1-3H3;1H. The summed E-state index contributed by atoms with van der Waals surface area (Å²) < 4.78 is 1.80. The summed E-state index contributed by atoms with van der Waals surface area (Å²) in [4.78, 5) is 15.5. The van der Waals surface area contributed by atoms with E-state index in [2.05, 4.69) is 32.9 Å². The van der Waals surface area contributed by atoms with Gasteiger partial charge in [0.2, 0.25) is 0 Å². The molecule has 1 aliphatic heterocycles. The second-order valence-electron chi connectivity index (χ2n) is 8.11. The van der Waals surface area contributed by atoms with Gasteiger partial charge < -0.3 is 10.6 Å². The Balaban J connectivity index is 0.00000256. The van der Waals surface area contributed by atoms with Crippen LogP contribution in [0.4, 0.5) is 0 Å². The minimum absolute atomic E-state index is 0. The third-order valence-electron chi connectivity index (χ3n) is 6.00. The number of carbonyl (C=O) groups excluding carboxylic acids is 1. The SMILES string of the molecule is Cc1ccc(-c2nn(-c3ccccc3)cc2C(=O)N2CC(CN)CC2C)cc1C.Cl. The van der Waals surface area contributed by atoms with Crippen LogP contribution in [0.5, 0.6) is 0 Å². The topological polar surface area (TPSA) is 64.2 Å². The van der Waals surface area contributed by atoms with E-state index in [-0.39, 0.29) is 24.4 Å². The van der Waals surface area contributed by atoms with Crippen molar-refractivity contribution in [1.29, 1.82) is 0 Å². The fraction of sp³-hybridized carbons (Fsp3) is 0.333. The Morgan fingerprint density at radius 2 is 1.87 bits per heavy atom. The molecule has 1 fully saturated rings. The van der Waals surface area contributed by atoms with Crippen LogP contribution < -0.4 is 5.73 Å². The number of aryl methyl sites for hydroxylation is 2. The highest BCUT2D eigenvalue weighted by atomic mass is 35.5. The summed E-state index contributed by atoms with van der Waals surface area (Å²) in [6, 6.07) is 16.3. The fourth-order valence-electron chi connectivity index (χ4n) is 4.10. The van der Waals surface area contributed by atoms with Crippen LogP contribution in [-0.2, 0) is 0 Å². The second kappa shape index (κ2) is 9.02. The van der Waals surface area contributed by atoms with E-state index in [1.807, 2.05) is 47.5 Å². The molecule has 2 aromatic carbocycles. The first-order chi connectivity index (χ1) is 14.0. The van der Waals surface area contributed by atoms with Gasteiger partial charge in [0, 0.05) is 24.3 Å². The molecular weight excluding hydrogens is 396 g/mol. The molecule has 1 amide bonds. The summed E-state index contributed by atoms with van der Waals surface area (Å²) in [7, 11) is 0. The number of nitrogens with zero attached hydrogens (tertiary/aromatic N) is 3. The zero-order chi connectivity index (χ0) is 20.5. The number of para-hydroxylation sites is 1. The Kier molecular flexibility index (Phi) is 6.64. The van der Waals surface area contributed by atoms with E-state index >= 15 is 0 Å². The molecule has 158 valence electrons. The van der Waals surface area contributed by atoms with E-state index in [1.54, 1.807) is 4.68 Å². The summed E-state index contributed by atoms with van der Waals surface area (Å²) in [5.74, 6) is 0.395. The average molecular weight is 425 g/mol. The highest BCUT2D eigenvalue weighted by molar-refractivity contribution is 6.00. The summed E-state index contributed by atoms with van der Waals surface area (Å²) in [6.07, 6.45) is 2.82. The van der Waals surface area contributed by atoms with E-state index in [0.29, 0.717) is 24.6 Å². The predicted molar refractivity (Wildman–Crippen MR) is 123 cm³/mol. The second-order valence-corrected chi connectivity index (χ2v) is 8.11. The molecule has 2 atom stereocenters. The molecule has 0 radical (unpaired) electrons. The van der Waals surface area contributed by atoms with Crippen LogP contribution in [0.3, 0.4) is 0 Å². The van der Waals surface area contributed by atoms with Crippen molar-refractivity contribution in [1.82, 2.24) is 14.7 Å². The maximum absolute atomic E-state index is 13.5. The maximum atomic E-state index is 13.5. The number of aromatic nitrogens is 2. The monoisotopic (exact) mass is 424 g/mol. The van der Waals surface area contributed by atoms with Gasteiger partial charge in [-0.25, -0.2) is 4.68 Å². The van der Waals surface area contributed by atoms with E-state index in [9.17, 15) is 4.79 Å². The van der Waals surface area contributed by atoms with Gasteiger partial charge in [0.25, 0.3) is 5.91 Å². The van der Waals surface area contributed by atoms with Gasteiger partial charge in [-0.05, 0) is 69.0 Å². The smallest absolute Gasteiger partial charge is 0.257 e. The molecule has 6 heteroatoms.